The fourth-order valence-electron chi connectivity index (χ4n) is 2.35. The zero-order valence-corrected chi connectivity index (χ0v) is 21.6. The van der Waals surface area contributed by atoms with E-state index in [0.717, 1.165) is 25.6 Å². The number of β-lactam (4-membered cyclic amide) rings is 1. The zero-order chi connectivity index (χ0) is 23.5. The minimum Gasteiger partial charge on any atom is -0.731 e. The van der Waals surface area contributed by atoms with Crippen molar-refractivity contribution in [3.63, 3.8) is 0 Å². The molecule has 1 aliphatic rings. The van der Waals surface area contributed by atoms with Gasteiger partial charge in [0.1, 0.15) is 29.1 Å². The second kappa shape index (κ2) is 11.6. The van der Waals surface area contributed by atoms with Gasteiger partial charge in [-0.3, -0.25) is 14.4 Å². The molecule has 3 amide bonds. The SMILES string of the molecule is CO/N=C(\C(=O)N[C@H]1C(=O)N(S(=O)(=O)[O-])[C@H]1C(=O)OC)c1nc(NC(=O)CCl)sc1Cl.[Na+]. The molecular weight excluding hydrogens is 528 g/mol. The van der Waals surface area contributed by atoms with Crippen LogP contribution in [0.4, 0.5) is 5.13 Å². The minimum absolute atomic E-state index is 0. The third kappa shape index (κ3) is 6.07. The van der Waals surface area contributed by atoms with Crippen LogP contribution < -0.4 is 40.2 Å². The van der Waals surface area contributed by atoms with E-state index in [-0.39, 0.29) is 54.9 Å². The van der Waals surface area contributed by atoms with Crippen LogP contribution in [0.5, 0.6) is 0 Å². The summed E-state index contributed by atoms with van der Waals surface area (Å²) in [7, 11) is -3.37. The molecule has 0 unspecified atom stereocenters. The van der Waals surface area contributed by atoms with Gasteiger partial charge >= 0.3 is 35.5 Å². The maximum Gasteiger partial charge on any atom is 1.00 e. The van der Waals surface area contributed by atoms with Crippen LogP contribution >= 0.6 is 34.5 Å². The Kier molecular flexibility index (Phi) is 10.3. The van der Waals surface area contributed by atoms with E-state index in [0.29, 0.717) is 0 Å². The number of aromatic nitrogens is 1. The van der Waals surface area contributed by atoms with Crippen LogP contribution in [0.25, 0.3) is 0 Å². The van der Waals surface area contributed by atoms with E-state index < -0.39 is 51.8 Å². The molecule has 2 heterocycles. The van der Waals surface area contributed by atoms with Crippen molar-refractivity contribution in [2.24, 2.45) is 5.16 Å². The number of carbonyl (C=O) groups is 4. The molecule has 1 aliphatic heterocycles. The van der Waals surface area contributed by atoms with Crippen LogP contribution in [0.2, 0.25) is 4.34 Å². The van der Waals surface area contributed by atoms with Gasteiger partial charge in [0, 0.05) is 0 Å². The average molecular weight is 540 g/mol. The number of alkyl halides is 1. The fourth-order valence-corrected chi connectivity index (χ4v) is 4.30. The second-order valence-electron chi connectivity index (χ2n) is 5.46. The summed E-state index contributed by atoms with van der Waals surface area (Å²) in [6.45, 7) is 0. The predicted molar refractivity (Wildman–Crippen MR) is 104 cm³/mol. The first-order valence-electron chi connectivity index (χ1n) is 7.77. The summed E-state index contributed by atoms with van der Waals surface area (Å²) >= 11 is 12.2. The van der Waals surface area contributed by atoms with Crippen molar-refractivity contribution >= 4 is 79.4 Å². The molecule has 1 aromatic heterocycles. The van der Waals surface area contributed by atoms with Crippen molar-refractivity contribution in [2.75, 3.05) is 25.4 Å². The molecule has 2 N–H and O–H groups in total. The van der Waals surface area contributed by atoms with Crippen molar-refractivity contribution < 1.29 is 71.3 Å². The number of methoxy groups -OCH3 is 1. The van der Waals surface area contributed by atoms with E-state index in [1.165, 1.54) is 0 Å². The van der Waals surface area contributed by atoms with Gasteiger partial charge in [-0.1, -0.05) is 28.1 Å². The van der Waals surface area contributed by atoms with Crippen LogP contribution in [0.3, 0.4) is 0 Å². The Morgan fingerprint density at radius 3 is 2.47 bits per heavy atom. The number of oxime groups is 1. The van der Waals surface area contributed by atoms with Crippen molar-refractivity contribution in [1.29, 1.82) is 0 Å². The van der Waals surface area contributed by atoms with E-state index in [9.17, 15) is 32.1 Å². The van der Waals surface area contributed by atoms with Crippen molar-refractivity contribution in [3.8, 4) is 0 Å². The molecule has 19 heteroatoms. The van der Waals surface area contributed by atoms with Crippen LogP contribution in [0, 0.1) is 0 Å². The number of hydrogen-bond donors (Lipinski definition) is 2. The van der Waals surface area contributed by atoms with Crippen molar-refractivity contribution in [3.05, 3.63) is 10.0 Å². The number of nitrogens with zero attached hydrogens (tertiary/aromatic N) is 3. The zero-order valence-electron chi connectivity index (χ0n) is 16.5. The molecular formula is C13H12Cl2N5NaO9S2. The maximum absolute atomic E-state index is 12.7. The van der Waals surface area contributed by atoms with E-state index in [1.54, 1.807) is 0 Å². The number of amides is 3. The third-order valence-electron chi connectivity index (χ3n) is 3.60. The standard InChI is InChI=1S/C13H13Cl2N5O9S2.Na/c1-28-12(24)8-7(11(23)20(8)31(25,26)27)17-10(22)6(19-29-2)5-9(15)30-13(18-5)16-4(21)3-14;/h7-8H,3H2,1-2H3,(H,17,22)(H,16,18,21)(H,25,26,27);/q;+1/p-1/b19-6-;/t7-,8-;/m1./s1. The molecule has 0 aromatic carbocycles. The number of halogens is 2. The molecule has 1 saturated heterocycles. The Morgan fingerprint density at radius 2 is 1.97 bits per heavy atom. The quantitative estimate of drug-likeness (QED) is 0.0619. The molecule has 0 bridgehead atoms. The van der Waals surface area contributed by atoms with E-state index in [2.05, 4.69) is 30.3 Å². The van der Waals surface area contributed by atoms with Gasteiger partial charge in [-0.15, -0.1) is 11.6 Å². The fraction of sp³-hybridized carbons (Fsp3) is 0.385. The molecule has 0 spiro atoms. The molecule has 2 rings (SSSR count). The smallest absolute Gasteiger partial charge is 0.731 e. The Balaban J connectivity index is 0.00000512. The van der Waals surface area contributed by atoms with Gasteiger partial charge in [-0.05, 0) is 0 Å². The summed E-state index contributed by atoms with van der Waals surface area (Å²) < 4.78 is 37.7. The number of anilines is 1. The first-order chi connectivity index (χ1) is 14.5. The van der Waals surface area contributed by atoms with Crippen molar-refractivity contribution in [1.82, 2.24) is 14.6 Å². The molecule has 1 aromatic rings. The topological polar surface area (TPSA) is 196 Å². The van der Waals surface area contributed by atoms with E-state index >= 15 is 0 Å². The number of ether oxygens (including phenoxy) is 1. The molecule has 32 heavy (non-hydrogen) atoms. The Bertz CT molecular complexity index is 1060. The summed E-state index contributed by atoms with van der Waals surface area (Å²) in [4.78, 5) is 56.4. The van der Waals surface area contributed by atoms with Gasteiger partial charge in [0.05, 0.1) is 7.11 Å². The predicted octanol–water partition coefficient (Wildman–Crippen LogP) is -4.34. The number of thiazole rings is 1. The first-order valence-corrected chi connectivity index (χ1v) is 10.9. The number of nitrogens with one attached hydrogen (secondary N) is 2. The third-order valence-corrected chi connectivity index (χ3v) is 5.90. The van der Waals surface area contributed by atoms with Crippen LogP contribution in [0.15, 0.2) is 5.16 Å². The van der Waals surface area contributed by atoms with Gasteiger partial charge in [0.2, 0.25) is 5.91 Å². The number of rotatable bonds is 8. The normalized spacial score (nSPS) is 18.2. The van der Waals surface area contributed by atoms with Crippen LogP contribution in [-0.4, -0.2) is 83.8 Å². The molecule has 14 nitrogen and oxygen atoms in total. The first kappa shape index (κ1) is 28.5. The van der Waals surface area contributed by atoms with Gasteiger partial charge in [0.15, 0.2) is 27.2 Å². The van der Waals surface area contributed by atoms with E-state index in [1.807, 2.05) is 0 Å². The summed E-state index contributed by atoms with van der Waals surface area (Å²) in [6.07, 6.45) is 0. The molecule has 0 aliphatic carbocycles. The summed E-state index contributed by atoms with van der Waals surface area (Å²) in [5, 5.41) is 7.81. The molecule has 0 radical (unpaired) electrons. The van der Waals surface area contributed by atoms with Gasteiger partial charge in [-0.25, -0.2) is 22.5 Å². The van der Waals surface area contributed by atoms with Gasteiger partial charge in [0.25, 0.3) is 11.8 Å². The summed E-state index contributed by atoms with van der Waals surface area (Å²) in [6, 6.07) is -3.67. The average Bonchev–Trinajstić information content (AvgIpc) is 3.05. The van der Waals surface area contributed by atoms with Crippen LogP contribution in [0.1, 0.15) is 5.69 Å². The number of carbonyl (C=O) groups excluding carboxylic acids is 4. The van der Waals surface area contributed by atoms with E-state index in [4.69, 9.17) is 23.2 Å². The summed E-state index contributed by atoms with van der Waals surface area (Å²) in [5.74, 6) is -4.75. The Morgan fingerprint density at radius 1 is 1.34 bits per heavy atom. The Hall–Kier alpha value is -1.53. The molecule has 0 saturated carbocycles. The van der Waals surface area contributed by atoms with Gasteiger partial charge < -0.3 is 24.8 Å². The minimum atomic E-state index is -5.34. The molecule has 170 valence electrons. The number of hydrogen-bond acceptors (Lipinski definition) is 12. The monoisotopic (exact) mass is 539 g/mol. The molecule has 2 atom stereocenters. The van der Waals surface area contributed by atoms with Gasteiger partial charge in [-0.2, -0.15) is 0 Å². The largest absolute Gasteiger partial charge is 1.00 e. The number of esters is 1. The molecule has 1 fully saturated rings. The Labute approximate surface area is 216 Å². The maximum atomic E-state index is 12.7. The van der Waals surface area contributed by atoms with Crippen LogP contribution in [-0.2, 0) is 39.1 Å². The van der Waals surface area contributed by atoms with Crippen molar-refractivity contribution in [2.45, 2.75) is 12.1 Å². The summed E-state index contributed by atoms with van der Waals surface area (Å²) in [5.41, 5.74) is -0.833. The second-order valence-corrected chi connectivity index (χ2v) is 8.57.